The predicted octanol–water partition coefficient (Wildman–Crippen LogP) is 4.01. The molecule has 3 aromatic rings. The number of halogens is 2. The Morgan fingerprint density at radius 2 is 2.00 bits per heavy atom. The molecule has 0 saturated heterocycles. The fraction of sp³-hybridized carbons (Fsp3) is 0.0769. The number of fused-ring (bicyclic) bond motifs is 1. The molecular weight excluding hydrogens is 269 g/mol. The second-order valence-electron chi connectivity index (χ2n) is 4.02. The summed E-state index contributed by atoms with van der Waals surface area (Å²) >= 11 is 12.1. The van der Waals surface area contributed by atoms with E-state index in [2.05, 4.69) is 10.1 Å². The van der Waals surface area contributed by atoms with Crippen molar-refractivity contribution < 1.29 is 0 Å². The molecule has 0 spiro atoms. The third-order valence-electron chi connectivity index (χ3n) is 2.73. The summed E-state index contributed by atoms with van der Waals surface area (Å²) in [6, 6.07) is 9.19. The Balaban J connectivity index is 2.26. The highest BCUT2D eigenvalue weighted by Crippen LogP contribution is 2.28. The van der Waals surface area contributed by atoms with Crippen LogP contribution in [0.15, 0.2) is 36.5 Å². The van der Waals surface area contributed by atoms with Crippen molar-refractivity contribution in [3.8, 4) is 11.4 Å². The first-order valence-electron chi connectivity index (χ1n) is 5.42. The number of nitrogens with zero attached hydrogens (tertiary/aromatic N) is 3. The van der Waals surface area contributed by atoms with Crippen LogP contribution >= 0.6 is 23.2 Å². The molecule has 2 heterocycles. The van der Waals surface area contributed by atoms with Gasteiger partial charge in [-0.2, -0.15) is 0 Å². The quantitative estimate of drug-likeness (QED) is 0.673. The lowest BCUT2D eigenvalue weighted by Gasteiger charge is -1.99. The van der Waals surface area contributed by atoms with E-state index in [0.29, 0.717) is 15.9 Å². The van der Waals surface area contributed by atoms with Crippen molar-refractivity contribution in [2.45, 2.75) is 6.92 Å². The molecule has 0 unspecified atom stereocenters. The monoisotopic (exact) mass is 277 g/mol. The molecule has 3 nitrogen and oxygen atoms in total. The lowest BCUT2D eigenvalue weighted by atomic mass is 10.2. The topological polar surface area (TPSA) is 30.2 Å². The third kappa shape index (κ3) is 1.85. The summed E-state index contributed by atoms with van der Waals surface area (Å²) in [5, 5.41) is 5.61. The maximum atomic E-state index is 6.15. The minimum atomic E-state index is 0.580. The largest absolute Gasteiger partial charge is 0.220 e. The van der Waals surface area contributed by atoms with Crippen LogP contribution in [-0.4, -0.2) is 14.6 Å². The van der Waals surface area contributed by atoms with Crippen molar-refractivity contribution in [3.05, 3.63) is 52.1 Å². The number of aromatic nitrogens is 3. The Morgan fingerprint density at radius 3 is 2.78 bits per heavy atom. The average molecular weight is 278 g/mol. The number of hydrogen-bond acceptors (Lipinski definition) is 2. The Morgan fingerprint density at radius 1 is 1.17 bits per heavy atom. The van der Waals surface area contributed by atoms with Gasteiger partial charge in [-0.1, -0.05) is 29.3 Å². The molecule has 0 N–H and O–H groups in total. The molecule has 1 aromatic carbocycles. The fourth-order valence-electron chi connectivity index (χ4n) is 1.82. The summed E-state index contributed by atoms with van der Waals surface area (Å²) in [6.45, 7) is 1.99. The second-order valence-corrected chi connectivity index (χ2v) is 4.86. The summed E-state index contributed by atoms with van der Waals surface area (Å²) in [4.78, 5) is 4.49. The molecule has 90 valence electrons. The molecule has 5 heteroatoms. The molecule has 0 fully saturated rings. The van der Waals surface area contributed by atoms with Crippen LogP contribution in [-0.2, 0) is 0 Å². The molecule has 0 aliphatic heterocycles. The highest BCUT2D eigenvalue weighted by molar-refractivity contribution is 6.35. The lowest BCUT2D eigenvalue weighted by molar-refractivity contribution is 0.960. The van der Waals surface area contributed by atoms with Crippen LogP contribution in [0, 0.1) is 6.92 Å². The third-order valence-corrected chi connectivity index (χ3v) is 3.29. The lowest BCUT2D eigenvalue weighted by Crippen LogP contribution is -1.88. The van der Waals surface area contributed by atoms with E-state index in [1.807, 2.05) is 25.3 Å². The fourth-order valence-corrected chi connectivity index (χ4v) is 2.20. The molecule has 0 saturated carbocycles. The first-order chi connectivity index (χ1) is 8.65. The molecule has 0 radical (unpaired) electrons. The Labute approximate surface area is 114 Å². The Bertz CT molecular complexity index is 734. The van der Waals surface area contributed by atoms with E-state index >= 15 is 0 Å². The molecular formula is C13H9Cl2N3. The standard InChI is InChI=1S/C13H9Cl2N3/c1-8-3-2-6-18-13(8)16-12(17-18)10-7-9(14)4-5-11(10)15/h2-7H,1H3. The molecule has 0 aliphatic rings. The maximum absolute atomic E-state index is 6.15. The van der Waals surface area contributed by atoms with Gasteiger partial charge < -0.3 is 0 Å². The number of benzene rings is 1. The summed E-state index contributed by atoms with van der Waals surface area (Å²) in [7, 11) is 0. The highest BCUT2D eigenvalue weighted by atomic mass is 35.5. The number of hydrogen-bond donors (Lipinski definition) is 0. The summed E-state index contributed by atoms with van der Waals surface area (Å²) in [5.41, 5.74) is 2.63. The van der Waals surface area contributed by atoms with Gasteiger partial charge in [0.1, 0.15) is 0 Å². The van der Waals surface area contributed by atoms with Gasteiger partial charge in [-0.3, -0.25) is 0 Å². The van der Waals surface area contributed by atoms with E-state index in [1.165, 1.54) is 0 Å². The van der Waals surface area contributed by atoms with Crippen molar-refractivity contribution in [1.29, 1.82) is 0 Å². The zero-order valence-electron chi connectivity index (χ0n) is 9.56. The van der Waals surface area contributed by atoms with Crippen LogP contribution in [0.25, 0.3) is 17.0 Å². The number of aryl methyl sites for hydroxylation is 1. The maximum Gasteiger partial charge on any atom is 0.183 e. The summed E-state index contributed by atoms with van der Waals surface area (Å²) in [5.74, 6) is 0.580. The van der Waals surface area contributed by atoms with Crippen molar-refractivity contribution in [1.82, 2.24) is 14.6 Å². The van der Waals surface area contributed by atoms with Gasteiger partial charge in [0.05, 0.1) is 5.02 Å². The van der Waals surface area contributed by atoms with Gasteiger partial charge in [0, 0.05) is 16.8 Å². The molecule has 0 amide bonds. The minimum absolute atomic E-state index is 0.580. The zero-order valence-corrected chi connectivity index (χ0v) is 11.1. The van der Waals surface area contributed by atoms with E-state index in [1.54, 1.807) is 22.7 Å². The van der Waals surface area contributed by atoms with Crippen LogP contribution in [0.1, 0.15) is 5.56 Å². The van der Waals surface area contributed by atoms with Gasteiger partial charge in [0.25, 0.3) is 0 Å². The van der Waals surface area contributed by atoms with Gasteiger partial charge in [0.15, 0.2) is 11.5 Å². The van der Waals surface area contributed by atoms with Gasteiger partial charge in [-0.05, 0) is 36.8 Å². The van der Waals surface area contributed by atoms with Gasteiger partial charge in [0.2, 0.25) is 0 Å². The van der Waals surface area contributed by atoms with Crippen LogP contribution in [0.2, 0.25) is 10.0 Å². The summed E-state index contributed by atoms with van der Waals surface area (Å²) < 4.78 is 1.74. The van der Waals surface area contributed by atoms with E-state index < -0.39 is 0 Å². The Hall–Kier alpha value is -1.58. The van der Waals surface area contributed by atoms with Crippen molar-refractivity contribution in [3.63, 3.8) is 0 Å². The van der Waals surface area contributed by atoms with Gasteiger partial charge >= 0.3 is 0 Å². The SMILES string of the molecule is Cc1cccn2nc(-c3cc(Cl)ccc3Cl)nc12. The Kier molecular flexibility index (Phi) is 2.73. The first-order valence-corrected chi connectivity index (χ1v) is 6.18. The van der Waals surface area contributed by atoms with Crippen LogP contribution in [0.3, 0.4) is 0 Å². The van der Waals surface area contributed by atoms with Crippen LogP contribution in [0.5, 0.6) is 0 Å². The van der Waals surface area contributed by atoms with Crippen LogP contribution in [0.4, 0.5) is 0 Å². The highest BCUT2D eigenvalue weighted by Gasteiger charge is 2.11. The van der Waals surface area contributed by atoms with E-state index in [4.69, 9.17) is 23.2 Å². The normalized spacial score (nSPS) is 11.1. The van der Waals surface area contributed by atoms with Gasteiger partial charge in [-0.25, -0.2) is 9.50 Å². The van der Waals surface area contributed by atoms with Crippen molar-refractivity contribution >= 4 is 28.8 Å². The van der Waals surface area contributed by atoms with Crippen molar-refractivity contribution in [2.75, 3.05) is 0 Å². The molecule has 0 aliphatic carbocycles. The number of rotatable bonds is 1. The van der Waals surface area contributed by atoms with Crippen LogP contribution < -0.4 is 0 Å². The number of pyridine rings is 1. The molecule has 2 aromatic heterocycles. The van der Waals surface area contributed by atoms with Crippen molar-refractivity contribution in [2.24, 2.45) is 0 Å². The smallest absolute Gasteiger partial charge is 0.183 e. The summed E-state index contributed by atoms with van der Waals surface area (Å²) in [6.07, 6.45) is 1.86. The predicted molar refractivity (Wildman–Crippen MR) is 73.2 cm³/mol. The van der Waals surface area contributed by atoms with E-state index in [-0.39, 0.29) is 0 Å². The van der Waals surface area contributed by atoms with E-state index in [0.717, 1.165) is 16.8 Å². The second kappa shape index (κ2) is 4.26. The minimum Gasteiger partial charge on any atom is -0.220 e. The van der Waals surface area contributed by atoms with Gasteiger partial charge in [-0.15, -0.1) is 5.10 Å². The molecule has 3 rings (SSSR count). The molecule has 0 atom stereocenters. The molecule has 18 heavy (non-hydrogen) atoms. The first kappa shape index (κ1) is 11.5. The van der Waals surface area contributed by atoms with E-state index in [9.17, 15) is 0 Å². The zero-order chi connectivity index (χ0) is 12.7. The molecule has 0 bridgehead atoms. The average Bonchev–Trinajstić information content (AvgIpc) is 2.77.